The quantitative estimate of drug-likeness (QED) is 0.181. The number of thioether (sulfide) groups is 1. The van der Waals surface area contributed by atoms with Crippen LogP contribution in [0.5, 0.6) is 0 Å². The van der Waals surface area contributed by atoms with Gasteiger partial charge in [-0.05, 0) is 37.4 Å². The van der Waals surface area contributed by atoms with E-state index in [1.165, 1.54) is 0 Å². The lowest BCUT2D eigenvalue weighted by Crippen LogP contribution is -2.41. The van der Waals surface area contributed by atoms with E-state index in [1.54, 1.807) is 0 Å². The van der Waals surface area contributed by atoms with Crippen molar-refractivity contribution < 1.29 is 14.4 Å². The third-order valence-electron chi connectivity index (χ3n) is 6.66. The van der Waals surface area contributed by atoms with Crippen molar-refractivity contribution in [2.75, 3.05) is 19.8 Å². The van der Waals surface area contributed by atoms with Crippen molar-refractivity contribution in [3.63, 3.8) is 0 Å². The molecule has 10 nitrogen and oxygen atoms in total. The highest BCUT2D eigenvalue weighted by atomic mass is 32.2. The Balaban J connectivity index is 1.16. The van der Waals surface area contributed by atoms with Gasteiger partial charge in [-0.2, -0.15) is 11.8 Å². The minimum Gasteiger partial charge on any atom is -0.343 e. The summed E-state index contributed by atoms with van der Waals surface area (Å²) in [6, 6.07) is 10.6. The van der Waals surface area contributed by atoms with Crippen molar-refractivity contribution in [1.82, 2.24) is 36.5 Å². The second-order valence-corrected chi connectivity index (χ2v) is 10.4. The van der Waals surface area contributed by atoms with Gasteiger partial charge in [-0.3, -0.25) is 25.9 Å². The third kappa shape index (κ3) is 6.47. The van der Waals surface area contributed by atoms with E-state index in [0.717, 1.165) is 41.6 Å². The maximum atomic E-state index is 12.4. The van der Waals surface area contributed by atoms with E-state index in [2.05, 4.69) is 49.7 Å². The summed E-state index contributed by atoms with van der Waals surface area (Å²) >= 11 is 1.88. The van der Waals surface area contributed by atoms with Crippen LogP contribution in [-0.2, 0) is 22.7 Å². The highest BCUT2D eigenvalue weighted by Crippen LogP contribution is 2.33. The molecule has 0 aliphatic carbocycles. The first-order valence-corrected chi connectivity index (χ1v) is 13.2. The summed E-state index contributed by atoms with van der Waals surface area (Å²) in [7, 11) is 3.84. The predicted molar refractivity (Wildman–Crippen MR) is 137 cm³/mol. The maximum absolute atomic E-state index is 12.4. The predicted octanol–water partition coefficient (Wildman–Crippen LogP) is 1.47. The fourth-order valence-corrected chi connectivity index (χ4v) is 6.28. The molecule has 5 N–H and O–H groups in total. The lowest BCUT2D eigenvalue weighted by molar-refractivity contribution is -0.129. The minimum absolute atomic E-state index is 0.0769. The zero-order valence-electron chi connectivity index (χ0n) is 20.3. The number of nitrogens with zero attached hydrogens (tertiary/aromatic N) is 2. The molecule has 1 aromatic heterocycles. The molecule has 190 valence electrons. The maximum Gasteiger partial charge on any atom is 0.315 e. The normalized spacial score (nSPS) is 21.1. The van der Waals surface area contributed by atoms with Gasteiger partial charge < -0.3 is 15.2 Å². The molecule has 4 amide bonds. The number of fused-ring (bicyclic) bond motifs is 2. The van der Waals surface area contributed by atoms with Gasteiger partial charge in [0, 0.05) is 48.6 Å². The van der Waals surface area contributed by atoms with Crippen LogP contribution in [0.1, 0.15) is 37.8 Å². The van der Waals surface area contributed by atoms with Gasteiger partial charge in [0.2, 0.25) is 11.8 Å². The fraction of sp³-hybridized carbons (Fsp3) is 0.542. The van der Waals surface area contributed by atoms with Gasteiger partial charge in [0.1, 0.15) is 0 Å². The van der Waals surface area contributed by atoms with Gasteiger partial charge in [0.25, 0.3) is 0 Å². The SMILES string of the molecule is CNN(C)Cc1cc2ccccc2n1CCC(=O)NNC(=O)CCCC[C@H]1SC[C@@H]2NC(=O)N[C@@H]21. The molecule has 1 aromatic carbocycles. The Labute approximate surface area is 209 Å². The number of hydrogen-bond donors (Lipinski definition) is 5. The summed E-state index contributed by atoms with van der Waals surface area (Å²) in [5, 5.41) is 9.44. The average molecular weight is 502 g/mol. The van der Waals surface area contributed by atoms with E-state index in [0.29, 0.717) is 24.8 Å². The van der Waals surface area contributed by atoms with Crippen LogP contribution in [0.15, 0.2) is 30.3 Å². The highest BCUT2D eigenvalue weighted by molar-refractivity contribution is 8.00. The van der Waals surface area contributed by atoms with Crippen LogP contribution in [-0.4, -0.2) is 64.6 Å². The number of carbonyl (C=O) groups is 3. The molecular formula is C24H35N7O3S. The molecule has 2 aliphatic heterocycles. The zero-order chi connectivity index (χ0) is 24.8. The summed E-state index contributed by atoms with van der Waals surface area (Å²) in [4.78, 5) is 36.0. The molecule has 3 atom stereocenters. The van der Waals surface area contributed by atoms with Gasteiger partial charge in [-0.25, -0.2) is 9.80 Å². The largest absolute Gasteiger partial charge is 0.343 e. The molecule has 0 spiro atoms. The number of aromatic nitrogens is 1. The Hall–Kier alpha value is -2.76. The third-order valence-corrected chi connectivity index (χ3v) is 8.17. The van der Waals surface area contributed by atoms with E-state index >= 15 is 0 Å². The highest BCUT2D eigenvalue weighted by Gasteiger charge is 2.42. The lowest BCUT2D eigenvalue weighted by atomic mass is 10.0. The van der Waals surface area contributed by atoms with E-state index in [1.807, 2.05) is 43.0 Å². The first-order valence-electron chi connectivity index (χ1n) is 12.2. The Morgan fingerprint density at radius 1 is 1.14 bits per heavy atom. The molecule has 3 heterocycles. The van der Waals surface area contributed by atoms with E-state index in [9.17, 15) is 14.4 Å². The fourth-order valence-electron chi connectivity index (χ4n) is 4.74. The molecular weight excluding hydrogens is 466 g/mol. The number of benzene rings is 1. The number of urea groups is 1. The summed E-state index contributed by atoms with van der Waals surface area (Å²) in [6.45, 7) is 1.22. The summed E-state index contributed by atoms with van der Waals surface area (Å²) in [5.41, 5.74) is 10.4. The monoisotopic (exact) mass is 501 g/mol. The molecule has 2 aliphatic rings. The van der Waals surface area contributed by atoms with Crippen LogP contribution in [0.2, 0.25) is 0 Å². The van der Waals surface area contributed by atoms with Crippen molar-refractivity contribution in [1.29, 1.82) is 0 Å². The van der Waals surface area contributed by atoms with Crippen LogP contribution >= 0.6 is 11.8 Å². The van der Waals surface area contributed by atoms with Crippen molar-refractivity contribution in [3.05, 3.63) is 36.0 Å². The van der Waals surface area contributed by atoms with Crippen LogP contribution in [0.3, 0.4) is 0 Å². The van der Waals surface area contributed by atoms with Gasteiger partial charge in [-0.15, -0.1) is 0 Å². The molecule has 2 saturated heterocycles. The molecule has 4 rings (SSSR count). The average Bonchev–Trinajstić information content (AvgIpc) is 3.51. The van der Waals surface area contributed by atoms with E-state index in [-0.39, 0.29) is 36.3 Å². The molecule has 0 saturated carbocycles. The van der Waals surface area contributed by atoms with Gasteiger partial charge in [-0.1, -0.05) is 24.6 Å². The standard InChI is InChI=1S/C24H35N7O3S/c1-25-30(2)14-17-13-16-7-3-4-8-19(16)31(17)12-11-22(33)29-28-21(32)10-6-5-9-20-23-18(15-35-20)26-24(34)27-23/h3-4,7-8,13,18,20,23,25H,5-6,9-12,14-15H2,1-2H3,(H,28,32)(H,29,33)(H2,26,27,34)/t18-,20+,23-/m0/s1. The van der Waals surface area contributed by atoms with Crippen molar-refractivity contribution in [3.8, 4) is 0 Å². The Kier molecular flexibility index (Phi) is 8.53. The first-order chi connectivity index (χ1) is 16.9. The number of hydrazine groups is 2. The first kappa shape index (κ1) is 25.3. The number of carbonyl (C=O) groups excluding carboxylic acids is 3. The molecule has 0 unspecified atom stereocenters. The molecule has 2 fully saturated rings. The molecule has 11 heteroatoms. The number of hydrogen-bond acceptors (Lipinski definition) is 6. The van der Waals surface area contributed by atoms with E-state index < -0.39 is 0 Å². The van der Waals surface area contributed by atoms with Crippen LogP contribution in [0.4, 0.5) is 4.79 Å². The van der Waals surface area contributed by atoms with Crippen LogP contribution in [0.25, 0.3) is 10.9 Å². The van der Waals surface area contributed by atoms with Crippen molar-refractivity contribution in [2.45, 2.75) is 62.5 Å². The Morgan fingerprint density at radius 2 is 1.91 bits per heavy atom. The molecule has 2 aromatic rings. The zero-order valence-corrected chi connectivity index (χ0v) is 21.1. The van der Waals surface area contributed by atoms with Crippen LogP contribution < -0.4 is 26.9 Å². The summed E-state index contributed by atoms with van der Waals surface area (Å²) in [6.07, 6.45) is 3.23. The van der Waals surface area contributed by atoms with Crippen LogP contribution in [0, 0.1) is 0 Å². The number of amides is 4. The number of nitrogens with one attached hydrogen (secondary N) is 5. The second kappa shape index (κ2) is 11.8. The van der Waals surface area contributed by atoms with Gasteiger partial charge in [0.15, 0.2) is 0 Å². The number of unbranched alkanes of at least 4 members (excludes halogenated alkanes) is 1. The minimum atomic E-state index is -0.220. The molecule has 35 heavy (non-hydrogen) atoms. The van der Waals surface area contributed by atoms with Gasteiger partial charge >= 0.3 is 6.03 Å². The topological polar surface area (TPSA) is 120 Å². The number of rotatable bonds is 11. The summed E-state index contributed by atoms with van der Waals surface area (Å²) < 4.78 is 2.15. The Bertz CT molecular complexity index is 1060. The second-order valence-electron chi connectivity index (χ2n) is 9.14. The van der Waals surface area contributed by atoms with Crippen molar-refractivity contribution in [2.24, 2.45) is 0 Å². The van der Waals surface area contributed by atoms with Crippen molar-refractivity contribution >= 4 is 40.5 Å². The lowest BCUT2D eigenvalue weighted by Gasteiger charge is -2.17. The van der Waals surface area contributed by atoms with Gasteiger partial charge in [0.05, 0.1) is 18.6 Å². The smallest absolute Gasteiger partial charge is 0.315 e. The molecule has 0 bridgehead atoms. The van der Waals surface area contributed by atoms with E-state index in [4.69, 9.17) is 0 Å². The number of aryl methyl sites for hydroxylation is 1. The Morgan fingerprint density at radius 3 is 2.71 bits per heavy atom. The molecule has 0 radical (unpaired) electrons. The number of para-hydroxylation sites is 1. The summed E-state index contributed by atoms with van der Waals surface area (Å²) in [5.74, 6) is 0.531.